The Morgan fingerprint density at radius 3 is 2.81 bits per heavy atom. The zero-order chi connectivity index (χ0) is 20.9. The van der Waals surface area contributed by atoms with Gasteiger partial charge in [0, 0.05) is 62.5 Å². The summed E-state index contributed by atoms with van der Waals surface area (Å²) in [6, 6.07) is 14.9. The number of aromatic nitrogens is 1. The number of morpholine rings is 1. The third kappa shape index (κ3) is 3.51. The molecule has 0 aliphatic carbocycles. The van der Waals surface area contributed by atoms with E-state index in [1.807, 2.05) is 18.2 Å². The van der Waals surface area contributed by atoms with Crippen LogP contribution in [0.4, 0.5) is 0 Å². The van der Waals surface area contributed by atoms with Crippen molar-refractivity contribution in [1.82, 2.24) is 14.4 Å². The fourth-order valence-corrected chi connectivity index (χ4v) is 6.23. The number of nitriles is 1. The van der Waals surface area contributed by atoms with Gasteiger partial charge in [0.1, 0.15) is 0 Å². The first-order valence-corrected chi connectivity index (χ1v) is 11.5. The first kappa shape index (κ1) is 19.2. The number of rotatable bonds is 4. The highest BCUT2D eigenvalue weighted by atomic mass is 16.5. The Bertz CT molecular complexity index is 1100. The van der Waals surface area contributed by atoms with E-state index in [1.54, 1.807) is 0 Å². The van der Waals surface area contributed by atoms with E-state index in [-0.39, 0.29) is 5.56 Å². The van der Waals surface area contributed by atoms with Crippen LogP contribution in [0.5, 0.6) is 0 Å². The van der Waals surface area contributed by atoms with Gasteiger partial charge in [-0.05, 0) is 42.5 Å². The fraction of sp³-hybridized carbons (Fsp3) is 0.520. The highest BCUT2D eigenvalue weighted by molar-refractivity contribution is 5.33. The van der Waals surface area contributed by atoms with Gasteiger partial charge in [0.25, 0.3) is 5.56 Å². The van der Waals surface area contributed by atoms with Crippen molar-refractivity contribution in [3.8, 4) is 6.07 Å². The topological polar surface area (TPSA) is 61.5 Å². The molecule has 0 radical (unpaired) electrons. The predicted octanol–water partition coefficient (Wildman–Crippen LogP) is 2.31. The monoisotopic (exact) mass is 416 g/mol. The van der Waals surface area contributed by atoms with Gasteiger partial charge in [0.15, 0.2) is 0 Å². The average Bonchev–Trinajstić information content (AvgIpc) is 3.39. The van der Waals surface area contributed by atoms with Crippen LogP contribution in [0.1, 0.15) is 41.1 Å². The van der Waals surface area contributed by atoms with Crippen molar-refractivity contribution in [3.63, 3.8) is 0 Å². The summed E-state index contributed by atoms with van der Waals surface area (Å²) in [5.41, 5.74) is 4.26. The standard InChI is InChI=1S/C25H28N4O2/c26-9-17-2-1-3-18(6-17)10-27-11-19-7-21(13-27)24-5-4-20(25(30)29(24)12-19)14-28-15-23-8-22(28)16-31-23/h1-6,19,21-23H,7-8,10-16H2/t19-,21+,22+,23+/m0/s1. The smallest absolute Gasteiger partial charge is 0.255 e. The van der Waals surface area contributed by atoms with Crippen LogP contribution in [-0.4, -0.2) is 52.8 Å². The Balaban J connectivity index is 1.20. The molecule has 0 saturated carbocycles. The third-order valence-electron chi connectivity index (χ3n) is 7.61. The van der Waals surface area contributed by atoms with Crippen molar-refractivity contribution in [2.24, 2.45) is 5.92 Å². The van der Waals surface area contributed by atoms with Gasteiger partial charge >= 0.3 is 0 Å². The number of nitrogens with zero attached hydrogens (tertiary/aromatic N) is 4. The Labute approximate surface area is 182 Å². The summed E-state index contributed by atoms with van der Waals surface area (Å²) in [5.74, 6) is 0.916. The van der Waals surface area contributed by atoms with Crippen LogP contribution in [-0.2, 0) is 24.4 Å². The van der Waals surface area contributed by atoms with Gasteiger partial charge in [-0.25, -0.2) is 0 Å². The van der Waals surface area contributed by atoms with Crippen LogP contribution in [0.3, 0.4) is 0 Å². The van der Waals surface area contributed by atoms with E-state index >= 15 is 0 Å². The SMILES string of the molecule is N#Cc1cccc(CN2C[C@@H]3C[C@H](C2)c2ccc(CN4C[C@H]5C[C@@H]4CO5)c(=O)n2C3)c1. The molecule has 0 spiro atoms. The molecule has 31 heavy (non-hydrogen) atoms. The Morgan fingerprint density at radius 1 is 1.06 bits per heavy atom. The molecule has 1 aromatic heterocycles. The highest BCUT2D eigenvalue weighted by Gasteiger charge is 2.39. The van der Waals surface area contributed by atoms with Crippen LogP contribution < -0.4 is 5.56 Å². The number of pyridine rings is 1. The largest absolute Gasteiger partial charge is 0.375 e. The number of ether oxygens (including phenoxy) is 1. The minimum absolute atomic E-state index is 0.214. The van der Waals surface area contributed by atoms with E-state index in [2.05, 4.69) is 38.6 Å². The molecule has 6 heteroatoms. The number of fused-ring (bicyclic) bond motifs is 6. The van der Waals surface area contributed by atoms with E-state index < -0.39 is 0 Å². The molecular formula is C25H28N4O2. The average molecular weight is 417 g/mol. The molecule has 5 heterocycles. The van der Waals surface area contributed by atoms with Gasteiger partial charge in [-0.15, -0.1) is 0 Å². The maximum Gasteiger partial charge on any atom is 0.255 e. The predicted molar refractivity (Wildman–Crippen MR) is 117 cm³/mol. The van der Waals surface area contributed by atoms with E-state index in [1.165, 1.54) is 17.7 Å². The first-order chi connectivity index (χ1) is 15.2. The zero-order valence-corrected chi connectivity index (χ0v) is 17.7. The van der Waals surface area contributed by atoms with Crippen molar-refractivity contribution in [2.45, 2.75) is 50.5 Å². The number of benzene rings is 1. The molecule has 4 atom stereocenters. The van der Waals surface area contributed by atoms with Gasteiger partial charge < -0.3 is 9.30 Å². The molecule has 1 aromatic carbocycles. The van der Waals surface area contributed by atoms with Crippen LogP contribution in [0.2, 0.25) is 0 Å². The van der Waals surface area contributed by atoms with Gasteiger partial charge in [-0.2, -0.15) is 5.26 Å². The Hall–Kier alpha value is -2.46. The summed E-state index contributed by atoms with van der Waals surface area (Å²) in [7, 11) is 0. The quantitative estimate of drug-likeness (QED) is 0.766. The highest BCUT2D eigenvalue weighted by Crippen LogP contribution is 2.36. The van der Waals surface area contributed by atoms with Crippen LogP contribution in [0.25, 0.3) is 0 Å². The van der Waals surface area contributed by atoms with Gasteiger partial charge in [-0.1, -0.05) is 18.2 Å². The van der Waals surface area contributed by atoms with Gasteiger partial charge in [0.2, 0.25) is 0 Å². The van der Waals surface area contributed by atoms with Crippen molar-refractivity contribution >= 4 is 0 Å². The lowest BCUT2D eigenvalue weighted by molar-refractivity contribution is 0.0270. The van der Waals surface area contributed by atoms with E-state index in [0.29, 0.717) is 24.0 Å². The van der Waals surface area contributed by atoms with Crippen LogP contribution in [0, 0.1) is 17.2 Å². The molecule has 2 aromatic rings. The Morgan fingerprint density at radius 2 is 2.00 bits per heavy atom. The summed E-state index contributed by atoms with van der Waals surface area (Å²) >= 11 is 0. The van der Waals surface area contributed by atoms with E-state index in [0.717, 1.165) is 63.4 Å². The molecule has 3 saturated heterocycles. The molecule has 0 amide bonds. The van der Waals surface area contributed by atoms with E-state index in [9.17, 15) is 10.1 Å². The lowest BCUT2D eigenvalue weighted by atomic mass is 9.82. The fourth-order valence-electron chi connectivity index (χ4n) is 6.23. The molecule has 6 nitrogen and oxygen atoms in total. The lowest BCUT2D eigenvalue weighted by Gasteiger charge is -2.43. The molecule has 160 valence electrons. The molecule has 4 bridgehead atoms. The first-order valence-electron chi connectivity index (χ1n) is 11.5. The number of piperidine rings is 1. The second-order valence-corrected chi connectivity index (χ2v) is 9.78. The van der Waals surface area contributed by atoms with Crippen molar-refractivity contribution in [3.05, 3.63) is 69.1 Å². The molecular weight excluding hydrogens is 388 g/mol. The van der Waals surface area contributed by atoms with Crippen molar-refractivity contribution in [2.75, 3.05) is 26.2 Å². The van der Waals surface area contributed by atoms with Gasteiger partial charge in [-0.3, -0.25) is 14.6 Å². The maximum absolute atomic E-state index is 13.3. The molecule has 3 fully saturated rings. The summed E-state index contributed by atoms with van der Waals surface area (Å²) in [6.07, 6.45) is 2.65. The summed E-state index contributed by atoms with van der Waals surface area (Å²) in [6.45, 7) is 6.19. The van der Waals surface area contributed by atoms with Crippen LogP contribution >= 0.6 is 0 Å². The summed E-state index contributed by atoms with van der Waals surface area (Å²) < 4.78 is 7.79. The normalized spacial score (nSPS) is 29.6. The third-order valence-corrected chi connectivity index (χ3v) is 7.61. The number of likely N-dealkylation sites (tertiary alicyclic amines) is 2. The second-order valence-electron chi connectivity index (χ2n) is 9.78. The lowest BCUT2D eigenvalue weighted by Crippen LogP contribution is -2.47. The molecule has 0 N–H and O–H groups in total. The molecule has 4 aliphatic rings. The van der Waals surface area contributed by atoms with Crippen molar-refractivity contribution in [1.29, 1.82) is 5.26 Å². The van der Waals surface area contributed by atoms with Crippen molar-refractivity contribution < 1.29 is 4.74 Å². The minimum Gasteiger partial charge on any atom is -0.375 e. The number of hydrogen-bond donors (Lipinski definition) is 0. The van der Waals surface area contributed by atoms with E-state index in [4.69, 9.17) is 4.74 Å². The zero-order valence-electron chi connectivity index (χ0n) is 17.7. The second kappa shape index (κ2) is 7.59. The minimum atomic E-state index is 0.214. The Kier molecular flexibility index (Phi) is 4.71. The molecule has 0 unspecified atom stereocenters. The number of hydrogen-bond acceptors (Lipinski definition) is 5. The van der Waals surface area contributed by atoms with Gasteiger partial charge in [0.05, 0.1) is 24.3 Å². The molecule has 4 aliphatic heterocycles. The molecule has 6 rings (SSSR count). The summed E-state index contributed by atoms with van der Waals surface area (Å²) in [4.78, 5) is 18.3. The maximum atomic E-state index is 13.3. The van der Waals surface area contributed by atoms with Crippen LogP contribution in [0.15, 0.2) is 41.2 Å². The summed E-state index contributed by atoms with van der Waals surface area (Å²) in [5, 5.41) is 9.17.